The maximum atomic E-state index is 13.6. The number of quaternary nitrogens is 1. The summed E-state index contributed by atoms with van der Waals surface area (Å²) in [6.45, 7) is 6.81. The van der Waals surface area contributed by atoms with Gasteiger partial charge in [0, 0.05) is 12.8 Å². The Hall–Kier alpha value is -2.55. The van der Waals surface area contributed by atoms with E-state index in [2.05, 4.69) is 86.8 Å². The lowest BCUT2D eigenvalue weighted by Gasteiger charge is -2.30. The van der Waals surface area contributed by atoms with Gasteiger partial charge in [0.15, 0.2) is 0 Å². The first-order valence-corrected chi connectivity index (χ1v) is 35.7. The van der Waals surface area contributed by atoms with Crippen LogP contribution in [0, 0.1) is 0 Å². The number of carbonyl (C=O) groups is 2. The second-order valence-electron chi connectivity index (χ2n) is 24.3. The molecule has 0 saturated heterocycles. The number of carbonyl (C=O) groups excluding carboxylic acids is 2. The number of hydrogen-bond acceptors (Lipinski definition) is 7. The fraction of sp³-hybridized carbons (Fsp3) is 0.803. The first-order valence-electron chi connectivity index (χ1n) is 34.2. The number of likely N-dealkylation sites (N-methyl/N-ethyl adjacent to an activating group) is 1. The molecule has 0 heterocycles. The van der Waals surface area contributed by atoms with E-state index in [0.717, 1.165) is 83.5 Å². The topological polar surface area (TPSA) is 114 Å². The number of esters is 1. The van der Waals surface area contributed by atoms with Crippen LogP contribution in [-0.2, 0) is 27.9 Å². The molecule has 472 valence electrons. The molecule has 0 aromatic rings. The van der Waals surface area contributed by atoms with E-state index < -0.39 is 26.6 Å². The van der Waals surface area contributed by atoms with E-state index in [9.17, 15) is 19.0 Å². The van der Waals surface area contributed by atoms with E-state index in [4.69, 9.17) is 13.8 Å². The Labute approximate surface area is 502 Å². The van der Waals surface area contributed by atoms with E-state index in [0.29, 0.717) is 23.9 Å². The van der Waals surface area contributed by atoms with Crippen molar-refractivity contribution in [3.05, 3.63) is 72.9 Å². The molecule has 0 rings (SSSR count). The van der Waals surface area contributed by atoms with Crippen LogP contribution in [0.1, 0.15) is 316 Å². The summed E-state index contributed by atoms with van der Waals surface area (Å²) in [5.74, 6) is -0.558. The average Bonchev–Trinajstić information content (AvgIpc) is 3.44. The Kier molecular flexibility index (Phi) is 58.7. The second-order valence-corrected chi connectivity index (χ2v) is 25.7. The van der Waals surface area contributed by atoms with Crippen LogP contribution in [-0.4, -0.2) is 69.4 Å². The summed E-state index contributed by atoms with van der Waals surface area (Å²) in [4.78, 5) is 40.1. The highest BCUT2D eigenvalue weighted by Crippen LogP contribution is 2.38. The van der Waals surface area contributed by atoms with Gasteiger partial charge in [0.2, 0.25) is 5.91 Å². The first-order chi connectivity index (χ1) is 39.4. The maximum absolute atomic E-state index is 13.6. The van der Waals surface area contributed by atoms with Gasteiger partial charge in [-0.15, -0.1) is 0 Å². The van der Waals surface area contributed by atoms with Crippen molar-refractivity contribution in [2.75, 3.05) is 40.9 Å². The van der Waals surface area contributed by atoms with Crippen molar-refractivity contribution in [3.8, 4) is 0 Å². The number of amides is 1. The number of rotatable bonds is 62. The molecule has 3 atom stereocenters. The SMILES string of the molecule is CCCCC/C=C\C/C=C\C/C=C\CCCCCCC(=O)OC(/C=C\CCCCCCCCCCCCC)C(COP(=O)([O-])OCC[N+](C)(C)C)NC(=O)CCCCCCCCCCCCCCCCC/C=C\C/C=C\CCCCC. The molecule has 1 amide bonds. The van der Waals surface area contributed by atoms with E-state index in [-0.39, 0.29) is 24.9 Å². The minimum Gasteiger partial charge on any atom is -0.756 e. The van der Waals surface area contributed by atoms with Crippen LogP contribution >= 0.6 is 7.82 Å². The van der Waals surface area contributed by atoms with Crippen molar-refractivity contribution in [2.24, 2.45) is 0 Å². The van der Waals surface area contributed by atoms with Gasteiger partial charge in [0.05, 0.1) is 33.8 Å². The molecule has 0 bridgehead atoms. The Morgan fingerprint density at radius 2 is 0.753 bits per heavy atom. The zero-order chi connectivity index (χ0) is 59.3. The van der Waals surface area contributed by atoms with Crippen molar-refractivity contribution in [2.45, 2.75) is 328 Å². The molecule has 0 aromatic carbocycles. The number of nitrogens with zero attached hydrogens (tertiary/aromatic N) is 1. The summed E-state index contributed by atoms with van der Waals surface area (Å²) in [6, 6.07) is -0.900. The third-order valence-corrected chi connectivity index (χ3v) is 16.1. The van der Waals surface area contributed by atoms with Crippen LogP contribution in [0.3, 0.4) is 0 Å². The van der Waals surface area contributed by atoms with Crippen LogP contribution in [0.5, 0.6) is 0 Å². The van der Waals surface area contributed by atoms with Gasteiger partial charge in [0.25, 0.3) is 7.82 Å². The molecule has 1 N–H and O–H groups in total. The molecule has 0 aliphatic carbocycles. The van der Waals surface area contributed by atoms with E-state index >= 15 is 0 Å². The van der Waals surface area contributed by atoms with Gasteiger partial charge in [-0.3, -0.25) is 14.2 Å². The Morgan fingerprint density at radius 1 is 0.432 bits per heavy atom. The molecule has 0 aliphatic rings. The predicted molar refractivity (Wildman–Crippen MR) is 348 cm³/mol. The number of hydrogen-bond donors (Lipinski definition) is 1. The van der Waals surface area contributed by atoms with Crippen molar-refractivity contribution < 1.29 is 37.3 Å². The summed E-state index contributed by atoms with van der Waals surface area (Å²) in [5, 5.41) is 3.04. The highest BCUT2D eigenvalue weighted by molar-refractivity contribution is 7.45. The van der Waals surface area contributed by atoms with E-state index in [1.54, 1.807) is 0 Å². The molecule has 10 heteroatoms. The van der Waals surface area contributed by atoms with Gasteiger partial charge in [-0.2, -0.15) is 0 Å². The average molecular weight is 1160 g/mol. The summed E-state index contributed by atoms with van der Waals surface area (Å²) in [5.41, 5.74) is 0. The van der Waals surface area contributed by atoms with Crippen LogP contribution in [0.2, 0.25) is 0 Å². The van der Waals surface area contributed by atoms with Gasteiger partial charge in [-0.1, -0.05) is 274 Å². The lowest BCUT2D eigenvalue weighted by molar-refractivity contribution is -0.870. The van der Waals surface area contributed by atoms with Crippen molar-refractivity contribution >= 4 is 19.7 Å². The van der Waals surface area contributed by atoms with Gasteiger partial charge >= 0.3 is 5.97 Å². The largest absolute Gasteiger partial charge is 0.756 e. The molecule has 0 saturated carbocycles. The summed E-state index contributed by atoms with van der Waals surface area (Å²) in [6.07, 6.45) is 78.7. The zero-order valence-electron chi connectivity index (χ0n) is 54.0. The monoisotopic (exact) mass is 1150 g/mol. The Morgan fingerprint density at radius 3 is 1.15 bits per heavy atom. The number of phosphoric acid groups is 1. The number of nitrogens with one attached hydrogen (secondary N) is 1. The standard InChI is InChI=1S/C71H131N2O7P/c1-7-10-13-16-19-22-25-28-30-32-33-34-35-36-37-38-39-41-42-45-48-51-54-57-60-63-70(74)72-68(67-79-81(76,77)78-66-65-73(4,5)6)69(62-59-56-53-50-47-44-27-24-21-18-15-12-9-3)80-71(75)64-61-58-55-52-49-46-43-40-31-29-26-23-20-17-14-11-8-2/h19-20,22-23,28-31,43,46,59,62,68-69H,7-18,21,24-27,32-42,44-45,47-58,60-61,63-67H2,1-6H3,(H-,72,74,76,77)/b22-19-,23-20-,30-28-,31-29-,46-43-,62-59-. The van der Waals surface area contributed by atoms with Crippen molar-refractivity contribution in [1.82, 2.24) is 5.32 Å². The Balaban J connectivity index is 5.14. The molecule has 9 nitrogen and oxygen atoms in total. The highest BCUT2D eigenvalue weighted by Gasteiger charge is 2.27. The molecule has 81 heavy (non-hydrogen) atoms. The van der Waals surface area contributed by atoms with Crippen LogP contribution in [0.4, 0.5) is 0 Å². The normalized spacial score (nSPS) is 14.0. The molecule has 0 fully saturated rings. The van der Waals surface area contributed by atoms with Crippen molar-refractivity contribution in [1.29, 1.82) is 0 Å². The van der Waals surface area contributed by atoms with Gasteiger partial charge in [-0.25, -0.2) is 0 Å². The molecule has 3 unspecified atom stereocenters. The summed E-state index contributed by atoms with van der Waals surface area (Å²) < 4.78 is 30.4. The summed E-state index contributed by atoms with van der Waals surface area (Å²) in [7, 11) is 1.17. The van der Waals surface area contributed by atoms with E-state index in [1.807, 2.05) is 33.3 Å². The minimum atomic E-state index is -4.71. The minimum absolute atomic E-state index is 0.0272. The molecule has 0 spiro atoms. The highest BCUT2D eigenvalue weighted by atomic mass is 31.2. The molecular weight excluding hydrogens is 1020 g/mol. The number of allylic oxidation sites excluding steroid dienone is 11. The quantitative estimate of drug-likeness (QED) is 0.0212. The number of phosphoric ester groups is 1. The van der Waals surface area contributed by atoms with Crippen molar-refractivity contribution in [3.63, 3.8) is 0 Å². The lowest BCUT2D eigenvalue weighted by Crippen LogP contribution is -2.47. The second kappa shape index (κ2) is 60.6. The number of unbranched alkanes of at least 4 members (excludes halogenated alkanes) is 36. The third kappa shape index (κ3) is 61.8. The van der Waals surface area contributed by atoms with E-state index in [1.165, 1.54) is 193 Å². The number of ether oxygens (including phenoxy) is 1. The third-order valence-electron chi connectivity index (χ3n) is 15.1. The Bertz CT molecular complexity index is 1620. The van der Waals surface area contributed by atoms with Crippen LogP contribution in [0.25, 0.3) is 0 Å². The fourth-order valence-electron chi connectivity index (χ4n) is 9.80. The van der Waals surface area contributed by atoms with Crippen LogP contribution in [0.15, 0.2) is 72.9 Å². The molecule has 0 radical (unpaired) electrons. The molecular formula is C71H131N2O7P. The van der Waals surface area contributed by atoms with Gasteiger partial charge in [0.1, 0.15) is 19.3 Å². The smallest absolute Gasteiger partial charge is 0.306 e. The molecule has 0 aromatic heterocycles. The van der Waals surface area contributed by atoms with Gasteiger partial charge < -0.3 is 28.5 Å². The fourth-order valence-corrected chi connectivity index (χ4v) is 10.5. The first kappa shape index (κ1) is 78.5. The van der Waals surface area contributed by atoms with Gasteiger partial charge in [-0.05, 0) is 102 Å². The van der Waals surface area contributed by atoms with Crippen LogP contribution < -0.4 is 10.2 Å². The zero-order valence-corrected chi connectivity index (χ0v) is 54.9. The molecule has 0 aliphatic heterocycles. The maximum Gasteiger partial charge on any atom is 0.306 e. The predicted octanol–water partition coefficient (Wildman–Crippen LogP) is 20.9. The lowest BCUT2D eigenvalue weighted by atomic mass is 10.0. The summed E-state index contributed by atoms with van der Waals surface area (Å²) >= 11 is 0.